The van der Waals surface area contributed by atoms with Crippen LogP contribution in [0.5, 0.6) is 0 Å². The van der Waals surface area contributed by atoms with E-state index in [-0.39, 0.29) is 5.97 Å². The van der Waals surface area contributed by atoms with Crippen molar-refractivity contribution in [1.29, 1.82) is 0 Å². The Morgan fingerprint density at radius 3 is 2.20 bits per heavy atom. The lowest BCUT2D eigenvalue weighted by Crippen LogP contribution is -1.93. The molecule has 0 atom stereocenters. The zero-order chi connectivity index (χ0) is 14.9. The summed E-state index contributed by atoms with van der Waals surface area (Å²) in [5, 5.41) is 0. The Kier molecular flexibility index (Phi) is 14.9. The molecule has 0 unspecified atom stereocenters. The Balaban J connectivity index is 3.18. The average Bonchev–Trinajstić information content (AvgIpc) is 2.47. The highest BCUT2D eigenvalue weighted by atomic mass is 16.5. The minimum Gasteiger partial charge on any atom is -0.466 e. The Labute approximate surface area is 125 Å². The van der Waals surface area contributed by atoms with Crippen LogP contribution in [0, 0.1) is 11.8 Å². The van der Waals surface area contributed by atoms with Gasteiger partial charge in [0.1, 0.15) is 0 Å². The summed E-state index contributed by atoms with van der Waals surface area (Å²) < 4.78 is 4.53. The molecule has 0 saturated heterocycles. The van der Waals surface area contributed by atoms with E-state index >= 15 is 0 Å². The number of unbranched alkanes of at least 4 members (excludes halogenated alkanes) is 9. The normalized spacial score (nSPS) is 10.3. The van der Waals surface area contributed by atoms with Gasteiger partial charge in [0.25, 0.3) is 0 Å². The first-order chi connectivity index (χ1) is 9.81. The molecule has 0 rings (SSSR count). The number of ether oxygens (including phenoxy) is 1. The van der Waals surface area contributed by atoms with Crippen LogP contribution < -0.4 is 0 Å². The van der Waals surface area contributed by atoms with Crippen LogP contribution in [0.4, 0.5) is 0 Å². The molecular formula is C18H30O2. The lowest BCUT2D eigenvalue weighted by Gasteiger charge is -1.98. The molecule has 0 aliphatic carbocycles. The standard InChI is InChI=1S/C18H30O2/c1-3-4-5-6-7-8-9-10-11-12-13-14-15-16-17-18(19)20-2/h16-17H,3-5,8-15H2,1-2H3/b17-16+. The molecule has 0 spiro atoms. The monoisotopic (exact) mass is 278 g/mol. The maximum atomic E-state index is 10.8. The molecule has 20 heavy (non-hydrogen) atoms. The number of carbonyl (C=O) groups is 1. The molecule has 0 aromatic carbocycles. The van der Waals surface area contributed by atoms with E-state index in [2.05, 4.69) is 23.5 Å². The van der Waals surface area contributed by atoms with Crippen molar-refractivity contribution in [3.63, 3.8) is 0 Å². The van der Waals surface area contributed by atoms with Gasteiger partial charge in [-0.05, 0) is 25.7 Å². The molecule has 0 aliphatic heterocycles. The second kappa shape index (κ2) is 15.8. The predicted octanol–water partition coefficient (Wildman–Crippen LogP) is 5.03. The van der Waals surface area contributed by atoms with Crippen LogP contribution in [0.25, 0.3) is 0 Å². The van der Waals surface area contributed by atoms with E-state index in [0.29, 0.717) is 0 Å². The Morgan fingerprint density at radius 1 is 0.950 bits per heavy atom. The van der Waals surface area contributed by atoms with Gasteiger partial charge in [0.05, 0.1) is 7.11 Å². The number of rotatable bonds is 11. The Hall–Kier alpha value is -1.23. The van der Waals surface area contributed by atoms with Crippen LogP contribution in [-0.2, 0) is 9.53 Å². The average molecular weight is 278 g/mol. The molecule has 2 heteroatoms. The van der Waals surface area contributed by atoms with Gasteiger partial charge in [-0.3, -0.25) is 0 Å². The molecule has 2 nitrogen and oxygen atoms in total. The summed E-state index contributed by atoms with van der Waals surface area (Å²) >= 11 is 0. The quantitative estimate of drug-likeness (QED) is 0.229. The zero-order valence-electron chi connectivity index (χ0n) is 13.2. The highest BCUT2D eigenvalue weighted by Gasteiger charge is 1.92. The minimum absolute atomic E-state index is 0.259. The van der Waals surface area contributed by atoms with Crippen molar-refractivity contribution in [1.82, 2.24) is 0 Å². The molecule has 0 amide bonds. The topological polar surface area (TPSA) is 26.3 Å². The van der Waals surface area contributed by atoms with Crippen molar-refractivity contribution in [2.24, 2.45) is 0 Å². The number of esters is 1. The first-order valence-corrected chi connectivity index (χ1v) is 8.01. The first-order valence-electron chi connectivity index (χ1n) is 8.01. The van der Waals surface area contributed by atoms with Gasteiger partial charge in [0.15, 0.2) is 0 Å². The second-order valence-electron chi connectivity index (χ2n) is 5.04. The van der Waals surface area contributed by atoms with E-state index in [1.807, 2.05) is 6.08 Å². The summed E-state index contributed by atoms with van der Waals surface area (Å²) in [7, 11) is 1.40. The van der Waals surface area contributed by atoms with Crippen molar-refractivity contribution >= 4 is 5.97 Å². The largest absolute Gasteiger partial charge is 0.466 e. The molecule has 0 radical (unpaired) electrons. The van der Waals surface area contributed by atoms with Crippen LogP contribution in [0.1, 0.15) is 77.6 Å². The van der Waals surface area contributed by atoms with E-state index in [1.165, 1.54) is 58.1 Å². The number of allylic oxidation sites excluding steroid dienone is 1. The first kappa shape index (κ1) is 18.8. The van der Waals surface area contributed by atoms with Gasteiger partial charge in [0.2, 0.25) is 0 Å². The molecule has 0 N–H and O–H groups in total. The van der Waals surface area contributed by atoms with Gasteiger partial charge in [-0.15, -0.1) is 11.8 Å². The summed E-state index contributed by atoms with van der Waals surface area (Å²) in [6.45, 7) is 2.20. The third kappa shape index (κ3) is 14.8. The van der Waals surface area contributed by atoms with Gasteiger partial charge in [0, 0.05) is 18.9 Å². The van der Waals surface area contributed by atoms with Gasteiger partial charge in [-0.1, -0.05) is 45.1 Å². The SMILES string of the molecule is CCCCC#CCCCCCCCC/C=C/C(=O)OC. The Bertz CT molecular complexity index is 307. The summed E-state index contributed by atoms with van der Waals surface area (Å²) in [5.41, 5.74) is 0. The third-order valence-corrected chi connectivity index (χ3v) is 3.16. The molecule has 0 aliphatic rings. The predicted molar refractivity (Wildman–Crippen MR) is 85.4 cm³/mol. The smallest absolute Gasteiger partial charge is 0.330 e. The van der Waals surface area contributed by atoms with Crippen LogP contribution >= 0.6 is 0 Å². The van der Waals surface area contributed by atoms with E-state index in [1.54, 1.807) is 0 Å². The molecule has 0 fully saturated rings. The fraction of sp³-hybridized carbons (Fsp3) is 0.722. The van der Waals surface area contributed by atoms with Gasteiger partial charge < -0.3 is 4.74 Å². The molecule has 0 saturated carbocycles. The molecule has 0 heterocycles. The highest BCUT2D eigenvalue weighted by molar-refractivity contribution is 5.81. The molecule has 0 bridgehead atoms. The summed E-state index contributed by atoms with van der Waals surface area (Å²) in [4.78, 5) is 10.8. The summed E-state index contributed by atoms with van der Waals surface area (Å²) in [6, 6.07) is 0. The highest BCUT2D eigenvalue weighted by Crippen LogP contribution is 2.08. The van der Waals surface area contributed by atoms with E-state index < -0.39 is 0 Å². The second-order valence-corrected chi connectivity index (χ2v) is 5.04. The molecular weight excluding hydrogens is 248 g/mol. The van der Waals surface area contributed by atoms with Crippen molar-refractivity contribution in [3.05, 3.63) is 12.2 Å². The van der Waals surface area contributed by atoms with Crippen LogP contribution in [0.2, 0.25) is 0 Å². The lowest BCUT2D eigenvalue weighted by atomic mass is 10.1. The van der Waals surface area contributed by atoms with Gasteiger partial charge in [-0.25, -0.2) is 4.79 Å². The molecule has 114 valence electrons. The van der Waals surface area contributed by atoms with Crippen molar-refractivity contribution in [2.45, 2.75) is 77.6 Å². The third-order valence-electron chi connectivity index (χ3n) is 3.16. The fourth-order valence-electron chi connectivity index (χ4n) is 1.87. The number of hydrogen-bond acceptors (Lipinski definition) is 2. The minimum atomic E-state index is -0.259. The lowest BCUT2D eigenvalue weighted by molar-refractivity contribution is -0.134. The Morgan fingerprint density at radius 2 is 1.55 bits per heavy atom. The maximum Gasteiger partial charge on any atom is 0.330 e. The van der Waals surface area contributed by atoms with Gasteiger partial charge in [-0.2, -0.15) is 0 Å². The maximum absolute atomic E-state index is 10.8. The van der Waals surface area contributed by atoms with Crippen LogP contribution in [0.15, 0.2) is 12.2 Å². The fourth-order valence-corrected chi connectivity index (χ4v) is 1.87. The molecule has 0 aromatic heterocycles. The number of hydrogen-bond donors (Lipinski definition) is 0. The van der Waals surface area contributed by atoms with Crippen LogP contribution in [-0.4, -0.2) is 13.1 Å². The summed E-state index contributed by atoms with van der Waals surface area (Å²) in [6.07, 6.45) is 16.5. The number of methoxy groups -OCH3 is 1. The molecule has 0 aromatic rings. The van der Waals surface area contributed by atoms with Crippen LogP contribution in [0.3, 0.4) is 0 Å². The zero-order valence-corrected chi connectivity index (χ0v) is 13.2. The van der Waals surface area contributed by atoms with E-state index in [9.17, 15) is 4.79 Å². The number of carbonyl (C=O) groups excluding carboxylic acids is 1. The van der Waals surface area contributed by atoms with Crippen molar-refractivity contribution < 1.29 is 9.53 Å². The van der Waals surface area contributed by atoms with Gasteiger partial charge >= 0.3 is 5.97 Å². The summed E-state index contributed by atoms with van der Waals surface area (Å²) in [5.74, 6) is 6.22. The van der Waals surface area contributed by atoms with E-state index in [4.69, 9.17) is 0 Å². The van der Waals surface area contributed by atoms with E-state index in [0.717, 1.165) is 25.7 Å². The van der Waals surface area contributed by atoms with Crippen molar-refractivity contribution in [2.75, 3.05) is 7.11 Å². The van der Waals surface area contributed by atoms with Crippen molar-refractivity contribution in [3.8, 4) is 11.8 Å².